The largest absolute Gasteiger partial charge is 0.481 e. The molecule has 0 radical (unpaired) electrons. The Kier molecular flexibility index (Phi) is 4.47. The fraction of sp³-hybridized carbons (Fsp3) is 0.538. The maximum Gasteiger partial charge on any atom is 0.307 e. The van der Waals surface area contributed by atoms with E-state index in [1.165, 1.54) is 11.3 Å². The Morgan fingerprint density at radius 1 is 1.42 bits per heavy atom. The fourth-order valence-electron chi connectivity index (χ4n) is 2.61. The molecule has 0 aliphatic heterocycles. The molecule has 2 rings (SSSR count). The normalized spacial score (nSPS) is 26.3. The first-order chi connectivity index (χ1) is 8.97. The predicted octanol–water partition coefficient (Wildman–Crippen LogP) is 2.76. The maximum absolute atomic E-state index is 12.1. The second-order valence-corrected chi connectivity index (χ2v) is 6.85. The van der Waals surface area contributed by atoms with E-state index < -0.39 is 17.8 Å². The van der Waals surface area contributed by atoms with Gasteiger partial charge in [-0.25, -0.2) is 0 Å². The maximum atomic E-state index is 12.1. The van der Waals surface area contributed by atoms with Crippen LogP contribution >= 0.6 is 22.9 Å². The van der Waals surface area contributed by atoms with Crippen LogP contribution in [0.1, 0.15) is 24.6 Å². The zero-order chi connectivity index (χ0) is 14.0. The first kappa shape index (κ1) is 14.3. The molecule has 6 heteroatoms. The molecular formula is C13H16ClNO3S. The molecule has 0 saturated heterocycles. The van der Waals surface area contributed by atoms with Crippen molar-refractivity contribution in [1.82, 2.24) is 5.32 Å². The van der Waals surface area contributed by atoms with E-state index in [-0.39, 0.29) is 11.8 Å². The number of thiophene rings is 1. The summed E-state index contributed by atoms with van der Waals surface area (Å²) >= 11 is 7.23. The van der Waals surface area contributed by atoms with Gasteiger partial charge >= 0.3 is 5.97 Å². The van der Waals surface area contributed by atoms with Crippen LogP contribution < -0.4 is 5.32 Å². The van der Waals surface area contributed by atoms with E-state index in [9.17, 15) is 9.59 Å². The number of halogens is 1. The summed E-state index contributed by atoms with van der Waals surface area (Å²) in [4.78, 5) is 24.2. The number of carboxylic acids is 1. The van der Waals surface area contributed by atoms with E-state index >= 15 is 0 Å². The lowest BCUT2D eigenvalue weighted by Gasteiger charge is -2.15. The van der Waals surface area contributed by atoms with Crippen molar-refractivity contribution in [2.24, 2.45) is 17.8 Å². The number of carbonyl (C=O) groups is 2. The monoisotopic (exact) mass is 301 g/mol. The smallest absolute Gasteiger partial charge is 0.307 e. The van der Waals surface area contributed by atoms with Gasteiger partial charge in [0.15, 0.2) is 0 Å². The molecule has 1 saturated carbocycles. The van der Waals surface area contributed by atoms with Crippen LogP contribution in [0.3, 0.4) is 0 Å². The lowest BCUT2D eigenvalue weighted by Crippen LogP contribution is -2.34. The third kappa shape index (κ3) is 3.48. The predicted molar refractivity (Wildman–Crippen MR) is 74.2 cm³/mol. The van der Waals surface area contributed by atoms with Crippen molar-refractivity contribution < 1.29 is 14.7 Å². The van der Waals surface area contributed by atoms with Gasteiger partial charge in [0, 0.05) is 4.88 Å². The van der Waals surface area contributed by atoms with Gasteiger partial charge in [0.2, 0.25) is 5.91 Å². The topological polar surface area (TPSA) is 66.4 Å². The van der Waals surface area contributed by atoms with Gasteiger partial charge in [0.05, 0.1) is 22.7 Å². The minimum Gasteiger partial charge on any atom is -0.481 e. The molecule has 1 aliphatic rings. The molecule has 0 bridgehead atoms. The van der Waals surface area contributed by atoms with E-state index in [0.29, 0.717) is 23.7 Å². The van der Waals surface area contributed by atoms with Crippen molar-refractivity contribution in [2.45, 2.75) is 26.3 Å². The number of rotatable bonds is 4. The van der Waals surface area contributed by atoms with Gasteiger partial charge in [-0.05, 0) is 30.9 Å². The van der Waals surface area contributed by atoms with Crippen LogP contribution in [0.15, 0.2) is 12.1 Å². The highest BCUT2D eigenvalue weighted by atomic mass is 35.5. The van der Waals surface area contributed by atoms with Crippen molar-refractivity contribution in [3.8, 4) is 0 Å². The van der Waals surface area contributed by atoms with Crippen LogP contribution in [0.5, 0.6) is 0 Å². The lowest BCUT2D eigenvalue weighted by molar-refractivity contribution is -0.146. The summed E-state index contributed by atoms with van der Waals surface area (Å²) in [5.41, 5.74) is 0. The van der Waals surface area contributed by atoms with Crippen LogP contribution in [0.25, 0.3) is 0 Å². The highest BCUT2D eigenvalue weighted by molar-refractivity contribution is 7.16. The summed E-state index contributed by atoms with van der Waals surface area (Å²) in [6.45, 7) is 2.40. The zero-order valence-corrected chi connectivity index (χ0v) is 12.1. The molecule has 1 aliphatic carbocycles. The highest BCUT2D eigenvalue weighted by Crippen LogP contribution is 2.36. The van der Waals surface area contributed by atoms with Gasteiger partial charge in [-0.2, -0.15) is 0 Å². The van der Waals surface area contributed by atoms with Gasteiger partial charge < -0.3 is 10.4 Å². The summed E-state index contributed by atoms with van der Waals surface area (Å²) in [5.74, 6) is -1.72. The molecule has 1 aromatic rings. The molecular weight excluding hydrogens is 286 g/mol. The minimum absolute atomic E-state index is 0.165. The quantitative estimate of drug-likeness (QED) is 0.898. The Bertz CT molecular complexity index is 488. The van der Waals surface area contributed by atoms with E-state index in [0.717, 1.165) is 4.88 Å². The molecule has 1 heterocycles. The molecule has 3 unspecified atom stereocenters. The Morgan fingerprint density at radius 2 is 2.11 bits per heavy atom. The molecule has 104 valence electrons. The van der Waals surface area contributed by atoms with Crippen LogP contribution in [0.2, 0.25) is 4.34 Å². The van der Waals surface area contributed by atoms with Crippen LogP contribution in [0.4, 0.5) is 0 Å². The Balaban J connectivity index is 1.93. The van der Waals surface area contributed by atoms with Gasteiger partial charge in [-0.3, -0.25) is 9.59 Å². The number of hydrogen-bond acceptors (Lipinski definition) is 3. The molecule has 19 heavy (non-hydrogen) atoms. The first-order valence-corrected chi connectivity index (χ1v) is 7.41. The highest BCUT2D eigenvalue weighted by Gasteiger charge is 2.40. The molecule has 0 spiro atoms. The lowest BCUT2D eigenvalue weighted by atomic mass is 9.95. The second-order valence-electron chi connectivity index (χ2n) is 5.05. The van der Waals surface area contributed by atoms with Crippen molar-refractivity contribution in [2.75, 3.05) is 0 Å². The number of carbonyl (C=O) groups excluding carboxylic acids is 1. The first-order valence-electron chi connectivity index (χ1n) is 6.22. The second kappa shape index (κ2) is 5.92. The molecule has 3 atom stereocenters. The summed E-state index contributed by atoms with van der Waals surface area (Å²) in [7, 11) is 0. The average Bonchev–Trinajstić information content (AvgIpc) is 2.92. The van der Waals surface area contributed by atoms with Gasteiger partial charge in [-0.15, -0.1) is 11.3 Å². The fourth-order valence-corrected chi connectivity index (χ4v) is 3.63. The Morgan fingerprint density at radius 3 is 2.68 bits per heavy atom. The van der Waals surface area contributed by atoms with Crippen molar-refractivity contribution in [1.29, 1.82) is 0 Å². The van der Waals surface area contributed by atoms with Gasteiger partial charge in [0.1, 0.15) is 0 Å². The SMILES string of the molecule is CC1CC(C(=O)O)C(C(=O)NCc2ccc(Cl)s2)C1. The third-order valence-electron chi connectivity index (χ3n) is 3.52. The van der Waals surface area contributed by atoms with Crippen LogP contribution in [-0.4, -0.2) is 17.0 Å². The molecule has 1 aromatic heterocycles. The average molecular weight is 302 g/mol. The van der Waals surface area contributed by atoms with E-state index in [1.807, 2.05) is 13.0 Å². The Labute approximate surface area is 120 Å². The summed E-state index contributed by atoms with van der Waals surface area (Å²) in [6.07, 6.45) is 1.23. The Hall–Kier alpha value is -1.07. The summed E-state index contributed by atoms with van der Waals surface area (Å²) in [6, 6.07) is 3.64. The van der Waals surface area contributed by atoms with Crippen LogP contribution in [0, 0.1) is 17.8 Å². The summed E-state index contributed by atoms with van der Waals surface area (Å²) in [5, 5.41) is 12.0. The zero-order valence-electron chi connectivity index (χ0n) is 10.6. The standard InChI is InChI=1S/C13H16ClNO3S/c1-7-4-9(10(5-7)13(17)18)12(16)15-6-8-2-3-11(14)19-8/h2-3,7,9-10H,4-6H2,1H3,(H,15,16)(H,17,18). The van der Waals surface area contributed by atoms with Crippen molar-refractivity contribution in [3.05, 3.63) is 21.3 Å². The van der Waals surface area contributed by atoms with Crippen molar-refractivity contribution in [3.63, 3.8) is 0 Å². The molecule has 1 fully saturated rings. The van der Waals surface area contributed by atoms with Gasteiger partial charge in [0.25, 0.3) is 0 Å². The molecule has 2 N–H and O–H groups in total. The summed E-state index contributed by atoms with van der Waals surface area (Å²) < 4.78 is 0.683. The van der Waals surface area contributed by atoms with E-state index in [2.05, 4.69) is 5.32 Å². The van der Waals surface area contributed by atoms with Crippen LogP contribution in [-0.2, 0) is 16.1 Å². The van der Waals surface area contributed by atoms with Crippen molar-refractivity contribution >= 4 is 34.8 Å². The minimum atomic E-state index is -0.872. The molecule has 4 nitrogen and oxygen atoms in total. The molecule has 0 aromatic carbocycles. The number of aliphatic carboxylic acids is 1. The van der Waals surface area contributed by atoms with E-state index in [4.69, 9.17) is 16.7 Å². The third-order valence-corrected chi connectivity index (χ3v) is 4.75. The number of amides is 1. The number of hydrogen-bond donors (Lipinski definition) is 2. The van der Waals surface area contributed by atoms with E-state index in [1.54, 1.807) is 6.07 Å². The number of carboxylic acid groups (broad SMARTS) is 1. The van der Waals surface area contributed by atoms with Gasteiger partial charge in [-0.1, -0.05) is 18.5 Å². The molecule has 1 amide bonds. The number of nitrogens with one attached hydrogen (secondary N) is 1.